The number of fused-ring (bicyclic) bond motifs is 1. The molecule has 9 heteroatoms. The van der Waals surface area contributed by atoms with E-state index < -0.39 is 15.9 Å². The lowest BCUT2D eigenvalue weighted by Crippen LogP contribution is -2.31. The van der Waals surface area contributed by atoms with Crippen molar-refractivity contribution >= 4 is 50.2 Å². The summed E-state index contributed by atoms with van der Waals surface area (Å²) in [5.41, 5.74) is 3.91. The lowest BCUT2D eigenvalue weighted by atomic mass is 10.0. The number of sulfonamides is 1. The van der Waals surface area contributed by atoms with Crippen molar-refractivity contribution in [3.8, 4) is 0 Å². The standard InChI is InChI=1S/C22H17Cl2N3O3S/c1-13-17(11-14-7-8-15(23)12-18(14)24)21-19(25-13)9-10-20(26-21)22(28)27-31(29,30)16-5-3-2-4-6-16/h2-10,12,25H,11H2,1H3,(H,27,28). The van der Waals surface area contributed by atoms with Crippen LogP contribution in [0, 0.1) is 6.92 Å². The van der Waals surface area contributed by atoms with E-state index in [1.807, 2.05) is 13.0 Å². The van der Waals surface area contributed by atoms with Crippen LogP contribution in [0.25, 0.3) is 11.0 Å². The number of benzene rings is 2. The third-order valence-electron chi connectivity index (χ3n) is 4.85. The van der Waals surface area contributed by atoms with E-state index in [1.165, 1.54) is 18.2 Å². The van der Waals surface area contributed by atoms with Gasteiger partial charge in [0.15, 0.2) is 0 Å². The summed E-state index contributed by atoms with van der Waals surface area (Å²) in [4.78, 5) is 20.3. The van der Waals surface area contributed by atoms with Crippen molar-refractivity contribution in [2.45, 2.75) is 18.2 Å². The molecule has 6 nitrogen and oxygen atoms in total. The predicted octanol–water partition coefficient (Wildman–Crippen LogP) is 4.89. The second-order valence-corrected chi connectivity index (χ2v) is 9.51. The number of pyridine rings is 1. The summed E-state index contributed by atoms with van der Waals surface area (Å²) in [6.07, 6.45) is 0.474. The van der Waals surface area contributed by atoms with E-state index >= 15 is 0 Å². The Bertz CT molecular complexity index is 1400. The summed E-state index contributed by atoms with van der Waals surface area (Å²) >= 11 is 12.3. The number of aryl methyl sites for hydroxylation is 1. The van der Waals surface area contributed by atoms with Crippen molar-refractivity contribution in [1.82, 2.24) is 14.7 Å². The highest BCUT2D eigenvalue weighted by Gasteiger charge is 2.21. The highest BCUT2D eigenvalue weighted by atomic mass is 35.5. The third kappa shape index (κ3) is 4.44. The van der Waals surface area contributed by atoms with E-state index in [0.717, 1.165) is 22.3 Å². The molecule has 2 aromatic carbocycles. The molecule has 31 heavy (non-hydrogen) atoms. The molecule has 2 heterocycles. The van der Waals surface area contributed by atoms with Crippen LogP contribution in [0.4, 0.5) is 0 Å². The molecule has 0 radical (unpaired) electrons. The van der Waals surface area contributed by atoms with Gasteiger partial charge < -0.3 is 4.98 Å². The quantitative estimate of drug-likeness (QED) is 0.431. The number of aromatic amines is 1. The molecule has 0 spiro atoms. The van der Waals surface area contributed by atoms with Gasteiger partial charge in [-0.05, 0) is 48.9 Å². The lowest BCUT2D eigenvalue weighted by Gasteiger charge is -2.08. The van der Waals surface area contributed by atoms with Gasteiger partial charge in [0, 0.05) is 27.7 Å². The summed E-state index contributed by atoms with van der Waals surface area (Å²) in [5, 5.41) is 1.07. The van der Waals surface area contributed by atoms with Crippen molar-refractivity contribution in [1.29, 1.82) is 0 Å². The van der Waals surface area contributed by atoms with E-state index in [4.69, 9.17) is 23.2 Å². The van der Waals surface area contributed by atoms with Crippen molar-refractivity contribution in [3.05, 3.63) is 93.2 Å². The molecule has 2 N–H and O–H groups in total. The number of H-pyrrole nitrogens is 1. The van der Waals surface area contributed by atoms with Crippen molar-refractivity contribution in [2.24, 2.45) is 0 Å². The zero-order valence-electron chi connectivity index (χ0n) is 16.3. The monoisotopic (exact) mass is 473 g/mol. The topological polar surface area (TPSA) is 91.9 Å². The maximum Gasteiger partial charge on any atom is 0.283 e. The van der Waals surface area contributed by atoms with Crippen molar-refractivity contribution in [2.75, 3.05) is 0 Å². The molecule has 0 aliphatic carbocycles. The molecule has 0 fully saturated rings. The van der Waals surface area contributed by atoms with Crippen LogP contribution < -0.4 is 4.72 Å². The van der Waals surface area contributed by atoms with Gasteiger partial charge >= 0.3 is 0 Å². The smallest absolute Gasteiger partial charge is 0.283 e. The van der Waals surface area contributed by atoms with Crippen LogP contribution in [0.2, 0.25) is 10.0 Å². The number of aromatic nitrogens is 2. The van der Waals surface area contributed by atoms with Gasteiger partial charge in [0.1, 0.15) is 5.69 Å². The first kappa shape index (κ1) is 21.4. The summed E-state index contributed by atoms with van der Waals surface area (Å²) < 4.78 is 27.0. The molecule has 1 amide bonds. The van der Waals surface area contributed by atoms with Gasteiger partial charge in [-0.25, -0.2) is 18.1 Å². The first-order chi connectivity index (χ1) is 14.7. The highest BCUT2D eigenvalue weighted by Crippen LogP contribution is 2.28. The molecular weight excluding hydrogens is 457 g/mol. The molecule has 0 unspecified atom stereocenters. The van der Waals surface area contributed by atoms with Gasteiger partial charge in [-0.15, -0.1) is 0 Å². The van der Waals surface area contributed by atoms with Crippen molar-refractivity contribution < 1.29 is 13.2 Å². The van der Waals surface area contributed by atoms with Crippen molar-refractivity contribution in [3.63, 3.8) is 0 Å². The maximum absolute atomic E-state index is 12.6. The third-order valence-corrected chi connectivity index (χ3v) is 6.79. The zero-order chi connectivity index (χ0) is 22.2. The first-order valence-corrected chi connectivity index (χ1v) is 11.5. The molecule has 4 rings (SSSR count). The molecule has 0 saturated heterocycles. The maximum atomic E-state index is 12.6. The fourth-order valence-electron chi connectivity index (χ4n) is 3.28. The Morgan fingerprint density at radius 1 is 1.06 bits per heavy atom. The number of amides is 1. The van der Waals surface area contributed by atoms with Gasteiger partial charge in [-0.3, -0.25) is 4.79 Å². The van der Waals surface area contributed by atoms with Crippen LogP contribution in [-0.4, -0.2) is 24.3 Å². The molecule has 0 aliphatic heterocycles. The number of rotatable bonds is 5. The van der Waals surface area contributed by atoms with Gasteiger partial charge in [0.25, 0.3) is 15.9 Å². The Labute approximate surface area is 189 Å². The first-order valence-electron chi connectivity index (χ1n) is 9.29. The number of nitrogens with zero attached hydrogens (tertiary/aromatic N) is 1. The average Bonchev–Trinajstić information content (AvgIpc) is 3.04. The fraction of sp³-hybridized carbons (Fsp3) is 0.0909. The van der Waals surface area contributed by atoms with Crippen LogP contribution in [0.1, 0.15) is 27.3 Å². The number of carbonyl (C=O) groups is 1. The highest BCUT2D eigenvalue weighted by molar-refractivity contribution is 7.90. The van der Waals surface area contributed by atoms with Gasteiger partial charge in [0.2, 0.25) is 0 Å². The van der Waals surface area contributed by atoms with Gasteiger partial charge in [0.05, 0.1) is 15.9 Å². The SMILES string of the molecule is Cc1[nH]c2ccc(C(=O)NS(=O)(=O)c3ccccc3)nc2c1Cc1ccc(Cl)cc1Cl. The Balaban J connectivity index is 1.67. The van der Waals surface area contributed by atoms with Gasteiger partial charge in [-0.1, -0.05) is 47.5 Å². The van der Waals surface area contributed by atoms with Crippen LogP contribution >= 0.6 is 23.2 Å². The molecular formula is C22H17Cl2N3O3S. The molecule has 2 aromatic heterocycles. The largest absolute Gasteiger partial charge is 0.357 e. The van der Waals surface area contributed by atoms with E-state index in [2.05, 4.69) is 14.7 Å². The molecule has 0 saturated carbocycles. The van der Waals surface area contributed by atoms with Crippen LogP contribution in [0.15, 0.2) is 65.6 Å². The molecule has 4 aromatic rings. The van der Waals surface area contributed by atoms with E-state index in [9.17, 15) is 13.2 Å². The predicted molar refractivity (Wildman–Crippen MR) is 121 cm³/mol. The number of hydrogen-bond acceptors (Lipinski definition) is 4. The number of halogens is 2. The van der Waals surface area contributed by atoms with Crippen LogP contribution in [0.5, 0.6) is 0 Å². The second-order valence-electron chi connectivity index (χ2n) is 6.98. The summed E-state index contributed by atoms with van der Waals surface area (Å²) in [6.45, 7) is 1.90. The number of carbonyl (C=O) groups excluding carboxylic acids is 1. The Kier molecular flexibility index (Phi) is 5.75. The lowest BCUT2D eigenvalue weighted by molar-refractivity contribution is 0.0977. The minimum atomic E-state index is -4.00. The van der Waals surface area contributed by atoms with Gasteiger partial charge in [-0.2, -0.15) is 0 Å². The normalized spacial score (nSPS) is 11.6. The Morgan fingerprint density at radius 2 is 1.81 bits per heavy atom. The minimum Gasteiger partial charge on any atom is -0.357 e. The molecule has 0 aliphatic rings. The van der Waals surface area contributed by atoms with E-state index in [0.29, 0.717) is 22.0 Å². The summed E-state index contributed by atoms with van der Waals surface area (Å²) in [7, 11) is -4.00. The summed E-state index contributed by atoms with van der Waals surface area (Å²) in [5.74, 6) is -0.805. The van der Waals surface area contributed by atoms with Crippen LogP contribution in [-0.2, 0) is 16.4 Å². The Hall–Kier alpha value is -2.87. The summed E-state index contributed by atoms with van der Waals surface area (Å²) in [6, 6.07) is 16.1. The van der Waals surface area contributed by atoms with E-state index in [1.54, 1.807) is 36.4 Å². The second kappa shape index (κ2) is 8.34. The molecule has 158 valence electrons. The minimum absolute atomic E-state index is 0.0000127. The number of nitrogens with one attached hydrogen (secondary N) is 2. The molecule has 0 atom stereocenters. The average molecular weight is 474 g/mol. The number of hydrogen-bond donors (Lipinski definition) is 2. The van der Waals surface area contributed by atoms with Crippen LogP contribution in [0.3, 0.4) is 0 Å². The molecule has 0 bridgehead atoms. The fourth-order valence-corrected chi connectivity index (χ4v) is 4.73. The Morgan fingerprint density at radius 3 is 2.52 bits per heavy atom. The zero-order valence-corrected chi connectivity index (χ0v) is 18.6. The van der Waals surface area contributed by atoms with E-state index in [-0.39, 0.29) is 10.6 Å².